The van der Waals surface area contributed by atoms with Gasteiger partial charge in [-0.15, -0.1) is 11.3 Å². The van der Waals surface area contributed by atoms with Crippen molar-refractivity contribution in [1.29, 1.82) is 0 Å². The van der Waals surface area contributed by atoms with Crippen molar-refractivity contribution in [2.75, 3.05) is 12.0 Å². The average Bonchev–Trinajstić information content (AvgIpc) is 3.04. The van der Waals surface area contributed by atoms with Gasteiger partial charge in [0.05, 0.1) is 5.69 Å². The number of anilines is 1. The Labute approximate surface area is 132 Å². The summed E-state index contributed by atoms with van der Waals surface area (Å²) in [6.45, 7) is 1.99. The fraction of sp³-hybridized carbons (Fsp3) is 0.467. The molecule has 2 atom stereocenters. The van der Waals surface area contributed by atoms with Gasteiger partial charge in [-0.25, -0.2) is 4.98 Å². The Hall–Kier alpha value is -1.27. The molecule has 1 aliphatic carbocycles. The Balaban J connectivity index is 1.82. The average molecular weight is 321 g/mol. The van der Waals surface area contributed by atoms with Gasteiger partial charge >= 0.3 is 0 Å². The molecule has 1 aliphatic rings. The fourth-order valence-corrected chi connectivity index (χ4v) is 4.75. The van der Waals surface area contributed by atoms with Crippen LogP contribution in [0.3, 0.4) is 0 Å². The van der Waals surface area contributed by atoms with Gasteiger partial charge in [0.25, 0.3) is 5.91 Å². The maximum atomic E-state index is 12.5. The maximum Gasteiger partial charge on any atom is 0.263 e. The van der Waals surface area contributed by atoms with Crippen molar-refractivity contribution < 1.29 is 4.79 Å². The summed E-state index contributed by atoms with van der Waals surface area (Å²) >= 11 is 3.27. The van der Waals surface area contributed by atoms with Crippen molar-refractivity contribution in [2.24, 2.45) is 0 Å². The molecule has 2 heterocycles. The van der Waals surface area contributed by atoms with Gasteiger partial charge in [0.2, 0.25) is 0 Å². The van der Waals surface area contributed by atoms with E-state index in [9.17, 15) is 4.79 Å². The van der Waals surface area contributed by atoms with E-state index >= 15 is 0 Å². The Bertz CT molecular complexity index is 683. The van der Waals surface area contributed by atoms with Crippen LogP contribution in [0.1, 0.15) is 34.5 Å². The maximum absolute atomic E-state index is 12.5. The fourth-order valence-electron chi connectivity index (χ4n) is 2.91. The summed E-state index contributed by atoms with van der Waals surface area (Å²) < 4.78 is 0. The molecule has 0 radical (unpaired) electrons. The van der Waals surface area contributed by atoms with E-state index in [4.69, 9.17) is 5.73 Å². The highest BCUT2D eigenvalue weighted by Gasteiger charge is 2.27. The Morgan fingerprint density at radius 3 is 3.00 bits per heavy atom. The number of fused-ring (bicyclic) bond motifs is 1. The molecule has 3 N–H and O–H groups in total. The minimum atomic E-state index is -0.0540. The van der Waals surface area contributed by atoms with Crippen LogP contribution >= 0.6 is 23.1 Å². The topological polar surface area (TPSA) is 68.0 Å². The first-order chi connectivity index (χ1) is 10.1. The highest BCUT2D eigenvalue weighted by Crippen LogP contribution is 2.35. The van der Waals surface area contributed by atoms with Gasteiger partial charge in [0, 0.05) is 22.9 Å². The van der Waals surface area contributed by atoms with E-state index in [0.29, 0.717) is 15.8 Å². The lowest BCUT2D eigenvalue weighted by molar-refractivity contribution is 0.0943. The summed E-state index contributed by atoms with van der Waals surface area (Å²) in [6, 6.07) is 2.20. The second-order valence-electron chi connectivity index (χ2n) is 5.49. The third-order valence-corrected chi connectivity index (χ3v) is 6.30. The van der Waals surface area contributed by atoms with Crippen LogP contribution in [0.15, 0.2) is 12.3 Å². The minimum Gasteiger partial charge on any atom is -0.397 e. The van der Waals surface area contributed by atoms with Gasteiger partial charge in [-0.2, -0.15) is 11.8 Å². The summed E-state index contributed by atoms with van der Waals surface area (Å²) in [5.41, 5.74) is 7.81. The Morgan fingerprint density at radius 1 is 1.52 bits per heavy atom. The summed E-state index contributed by atoms with van der Waals surface area (Å²) in [5, 5.41) is 4.71. The van der Waals surface area contributed by atoms with E-state index in [1.54, 1.807) is 6.20 Å². The van der Waals surface area contributed by atoms with Crippen LogP contribution in [0.5, 0.6) is 0 Å². The van der Waals surface area contributed by atoms with E-state index in [1.165, 1.54) is 17.8 Å². The molecule has 0 bridgehead atoms. The first-order valence-electron chi connectivity index (χ1n) is 7.07. The molecular formula is C15H19N3OS2. The molecule has 2 aromatic rings. The quantitative estimate of drug-likeness (QED) is 0.911. The van der Waals surface area contributed by atoms with Crippen LogP contribution in [0.4, 0.5) is 5.69 Å². The lowest BCUT2D eigenvalue weighted by Crippen LogP contribution is -2.32. The summed E-state index contributed by atoms with van der Waals surface area (Å²) in [5.74, 6) is -0.0540. The van der Waals surface area contributed by atoms with Crippen molar-refractivity contribution in [3.8, 4) is 0 Å². The van der Waals surface area contributed by atoms with Crippen LogP contribution in [-0.2, 0) is 0 Å². The van der Waals surface area contributed by atoms with Crippen molar-refractivity contribution in [1.82, 2.24) is 10.3 Å². The number of thiophene rings is 1. The predicted molar refractivity (Wildman–Crippen MR) is 91.2 cm³/mol. The molecule has 0 spiro atoms. The first kappa shape index (κ1) is 14.7. The molecule has 2 aromatic heterocycles. The molecule has 21 heavy (non-hydrogen) atoms. The smallest absolute Gasteiger partial charge is 0.263 e. The molecular weight excluding hydrogens is 302 g/mol. The second kappa shape index (κ2) is 5.85. The van der Waals surface area contributed by atoms with E-state index < -0.39 is 0 Å². The van der Waals surface area contributed by atoms with Gasteiger partial charge < -0.3 is 11.1 Å². The number of nitrogens with one attached hydrogen (secondary N) is 1. The van der Waals surface area contributed by atoms with Crippen LogP contribution in [0.25, 0.3) is 10.2 Å². The third kappa shape index (κ3) is 2.74. The molecule has 6 heteroatoms. The van der Waals surface area contributed by atoms with Gasteiger partial charge in [0.1, 0.15) is 9.71 Å². The number of nitrogens with zero attached hydrogens (tertiary/aromatic N) is 1. The van der Waals surface area contributed by atoms with Crippen LogP contribution < -0.4 is 11.1 Å². The van der Waals surface area contributed by atoms with E-state index in [-0.39, 0.29) is 11.9 Å². The summed E-state index contributed by atoms with van der Waals surface area (Å²) in [6.07, 6.45) is 7.17. The van der Waals surface area contributed by atoms with E-state index in [2.05, 4.69) is 16.6 Å². The standard InChI is InChI=1S/C15H19N3OS2/c1-8-5-6-17-15-11(8)12(16)13(21-15)14(19)18-9-3-4-10(7-9)20-2/h5-6,9-10H,3-4,7,16H2,1-2H3,(H,18,19). The van der Waals surface area contributed by atoms with Gasteiger partial charge in [-0.05, 0) is 44.1 Å². The number of nitrogen functional groups attached to an aromatic ring is 1. The van der Waals surface area contributed by atoms with Gasteiger partial charge in [-0.1, -0.05) is 0 Å². The zero-order valence-corrected chi connectivity index (χ0v) is 13.8. The molecule has 112 valence electrons. The van der Waals surface area contributed by atoms with Gasteiger partial charge in [-0.3, -0.25) is 4.79 Å². The molecule has 1 saturated carbocycles. The zero-order valence-electron chi connectivity index (χ0n) is 12.2. The van der Waals surface area contributed by atoms with E-state index in [1.807, 2.05) is 24.8 Å². The Morgan fingerprint density at radius 2 is 2.33 bits per heavy atom. The zero-order chi connectivity index (χ0) is 15.0. The largest absolute Gasteiger partial charge is 0.397 e. The third-order valence-electron chi connectivity index (χ3n) is 4.10. The first-order valence-corrected chi connectivity index (χ1v) is 9.17. The molecule has 1 amide bonds. The highest BCUT2D eigenvalue weighted by molar-refractivity contribution is 7.99. The molecule has 0 aliphatic heterocycles. The SMILES string of the molecule is CSC1CCC(NC(=O)c2sc3nccc(C)c3c2N)C1. The molecule has 4 nitrogen and oxygen atoms in total. The number of aryl methyl sites for hydroxylation is 1. The van der Waals surface area contributed by atoms with E-state index in [0.717, 1.165) is 28.6 Å². The summed E-state index contributed by atoms with van der Waals surface area (Å²) in [4.78, 5) is 18.2. The number of carbonyl (C=O) groups is 1. The van der Waals surface area contributed by atoms with Crippen molar-refractivity contribution in [3.05, 3.63) is 22.7 Å². The number of amides is 1. The molecule has 2 unspecified atom stereocenters. The van der Waals surface area contributed by atoms with Crippen molar-refractivity contribution in [3.63, 3.8) is 0 Å². The van der Waals surface area contributed by atoms with Crippen molar-refractivity contribution in [2.45, 2.75) is 37.5 Å². The normalized spacial score (nSPS) is 21.8. The lowest BCUT2D eigenvalue weighted by Gasteiger charge is -2.12. The molecule has 3 rings (SSSR count). The number of pyridine rings is 1. The second-order valence-corrected chi connectivity index (χ2v) is 7.63. The molecule has 0 aromatic carbocycles. The van der Waals surface area contributed by atoms with Crippen LogP contribution in [0.2, 0.25) is 0 Å². The number of hydrogen-bond acceptors (Lipinski definition) is 5. The lowest BCUT2D eigenvalue weighted by atomic mass is 10.1. The van der Waals surface area contributed by atoms with Crippen LogP contribution in [0, 0.1) is 6.92 Å². The monoisotopic (exact) mass is 321 g/mol. The number of aromatic nitrogens is 1. The number of rotatable bonds is 3. The minimum absolute atomic E-state index is 0.0540. The van der Waals surface area contributed by atoms with Gasteiger partial charge in [0.15, 0.2) is 0 Å². The molecule has 1 fully saturated rings. The number of thioether (sulfide) groups is 1. The Kier molecular flexibility index (Phi) is 4.08. The number of hydrogen-bond donors (Lipinski definition) is 2. The number of nitrogens with two attached hydrogens (primary N) is 1. The predicted octanol–water partition coefficient (Wildman–Crippen LogP) is 3.20. The van der Waals surface area contributed by atoms with Crippen LogP contribution in [-0.4, -0.2) is 28.4 Å². The molecule has 0 saturated heterocycles. The highest BCUT2D eigenvalue weighted by atomic mass is 32.2. The van der Waals surface area contributed by atoms with Crippen molar-refractivity contribution >= 4 is 44.9 Å². The number of carbonyl (C=O) groups excluding carboxylic acids is 1. The summed E-state index contributed by atoms with van der Waals surface area (Å²) in [7, 11) is 0.